The first-order valence-corrected chi connectivity index (χ1v) is 7.79. The van der Waals surface area contributed by atoms with Crippen LogP contribution in [0.4, 0.5) is 0 Å². The molecule has 0 aromatic heterocycles. The minimum Gasteiger partial charge on any atom is -0.352 e. The zero-order chi connectivity index (χ0) is 12.8. The second-order valence-corrected chi connectivity index (χ2v) is 6.20. The summed E-state index contributed by atoms with van der Waals surface area (Å²) in [4.78, 5) is 11.8. The Balaban J connectivity index is 1.72. The van der Waals surface area contributed by atoms with Gasteiger partial charge in [-0.2, -0.15) is 11.8 Å². The molecular formula is C15H21NOS. The molecule has 2 rings (SSSR count). The average Bonchev–Trinajstić information content (AvgIpc) is 2.39. The highest BCUT2D eigenvalue weighted by molar-refractivity contribution is 7.99. The Kier molecular flexibility index (Phi) is 5.12. The lowest BCUT2D eigenvalue weighted by atomic mass is 10.0. The van der Waals surface area contributed by atoms with Crippen LogP contribution in [0.15, 0.2) is 24.3 Å². The van der Waals surface area contributed by atoms with E-state index < -0.39 is 0 Å². The maximum Gasteiger partial charge on any atom is 0.220 e. The van der Waals surface area contributed by atoms with Crippen molar-refractivity contribution >= 4 is 17.7 Å². The van der Waals surface area contributed by atoms with Crippen molar-refractivity contribution in [1.82, 2.24) is 5.32 Å². The van der Waals surface area contributed by atoms with Gasteiger partial charge in [-0.25, -0.2) is 0 Å². The lowest BCUT2D eigenvalue weighted by Gasteiger charge is -2.20. The maximum absolute atomic E-state index is 11.8. The fourth-order valence-corrected chi connectivity index (χ4v) is 3.36. The van der Waals surface area contributed by atoms with Gasteiger partial charge in [0.25, 0.3) is 0 Å². The Hall–Kier alpha value is -0.960. The third-order valence-corrected chi connectivity index (χ3v) is 4.62. The predicted molar refractivity (Wildman–Crippen MR) is 77.7 cm³/mol. The fourth-order valence-electron chi connectivity index (χ4n) is 2.21. The number of benzene rings is 1. The van der Waals surface area contributed by atoms with Crippen LogP contribution in [0.1, 0.15) is 30.4 Å². The smallest absolute Gasteiger partial charge is 0.220 e. The minimum absolute atomic E-state index is 0.197. The third kappa shape index (κ3) is 4.37. The molecule has 1 atom stereocenters. The molecule has 1 aliphatic heterocycles. The van der Waals surface area contributed by atoms with Crippen LogP contribution < -0.4 is 5.32 Å². The molecule has 0 saturated carbocycles. The highest BCUT2D eigenvalue weighted by Gasteiger charge is 2.16. The summed E-state index contributed by atoms with van der Waals surface area (Å²) in [6.45, 7) is 2.72. The van der Waals surface area contributed by atoms with Gasteiger partial charge in [-0.05, 0) is 42.8 Å². The molecule has 1 fully saturated rings. The highest BCUT2D eigenvalue weighted by atomic mass is 32.2. The molecule has 1 aromatic carbocycles. The molecule has 0 aliphatic carbocycles. The summed E-state index contributed by atoms with van der Waals surface area (Å²) in [5.74, 6) is 3.20. The minimum atomic E-state index is 0.197. The molecule has 98 valence electrons. The van der Waals surface area contributed by atoms with Gasteiger partial charge in [0.15, 0.2) is 0 Å². The molecule has 1 saturated heterocycles. The van der Waals surface area contributed by atoms with Crippen molar-refractivity contribution in [2.24, 2.45) is 5.92 Å². The Bertz CT molecular complexity index is 382. The summed E-state index contributed by atoms with van der Waals surface area (Å²) in [7, 11) is 0. The maximum atomic E-state index is 11.8. The Morgan fingerprint density at radius 1 is 1.39 bits per heavy atom. The lowest BCUT2D eigenvalue weighted by molar-refractivity contribution is -0.122. The number of amides is 1. The van der Waals surface area contributed by atoms with Gasteiger partial charge in [0.05, 0.1) is 0 Å². The van der Waals surface area contributed by atoms with Crippen LogP contribution in [0.5, 0.6) is 0 Å². The van der Waals surface area contributed by atoms with Crippen LogP contribution in [-0.4, -0.2) is 17.4 Å². The van der Waals surface area contributed by atoms with E-state index in [-0.39, 0.29) is 5.91 Å². The lowest BCUT2D eigenvalue weighted by Crippen LogP contribution is -2.26. The van der Waals surface area contributed by atoms with E-state index in [9.17, 15) is 4.79 Å². The molecule has 18 heavy (non-hydrogen) atoms. The van der Waals surface area contributed by atoms with Crippen molar-refractivity contribution in [3.63, 3.8) is 0 Å². The fraction of sp³-hybridized carbons (Fsp3) is 0.533. The molecule has 1 heterocycles. The van der Waals surface area contributed by atoms with E-state index in [1.54, 1.807) is 0 Å². The van der Waals surface area contributed by atoms with Crippen molar-refractivity contribution in [1.29, 1.82) is 0 Å². The summed E-state index contributed by atoms with van der Waals surface area (Å²) < 4.78 is 0. The van der Waals surface area contributed by atoms with Crippen LogP contribution in [0, 0.1) is 12.8 Å². The van der Waals surface area contributed by atoms with Gasteiger partial charge in [0, 0.05) is 13.0 Å². The largest absolute Gasteiger partial charge is 0.352 e. The van der Waals surface area contributed by atoms with Crippen LogP contribution in [0.25, 0.3) is 0 Å². The van der Waals surface area contributed by atoms with Crippen LogP contribution >= 0.6 is 11.8 Å². The quantitative estimate of drug-likeness (QED) is 0.904. The van der Waals surface area contributed by atoms with E-state index in [1.165, 1.54) is 29.7 Å². The molecule has 1 amide bonds. The normalized spacial score (nSPS) is 19.5. The predicted octanol–water partition coefficient (Wildman–Crippen LogP) is 3.14. The second kappa shape index (κ2) is 6.83. The van der Waals surface area contributed by atoms with Crippen LogP contribution in [0.2, 0.25) is 0 Å². The van der Waals surface area contributed by atoms with Crippen molar-refractivity contribution in [3.8, 4) is 0 Å². The number of hydrogen-bond donors (Lipinski definition) is 1. The van der Waals surface area contributed by atoms with Gasteiger partial charge in [-0.3, -0.25) is 4.79 Å². The molecule has 0 bridgehead atoms. The number of nitrogens with one attached hydrogen (secondary N) is 1. The zero-order valence-corrected chi connectivity index (χ0v) is 11.8. The van der Waals surface area contributed by atoms with Gasteiger partial charge in [0.2, 0.25) is 5.91 Å². The highest BCUT2D eigenvalue weighted by Crippen LogP contribution is 2.24. The first-order chi connectivity index (χ1) is 8.74. The van der Waals surface area contributed by atoms with E-state index in [1.807, 2.05) is 11.8 Å². The van der Waals surface area contributed by atoms with E-state index in [2.05, 4.69) is 36.5 Å². The summed E-state index contributed by atoms with van der Waals surface area (Å²) in [5.41, 5.74) is 2.43. The molecule has 1 unspecified atom stereocenters. The number of carbonyl (C=O) groups excluding carboxylic acids is 1. The number of carbonyl (C=O) groups is 1. The summed E-state index contributed by atoms with van der Waals surface area (Å²) in [5, 5.41) is 3.02. The summed E-state index contributed by atoms with van der Waals surface area (Å²) in [6.07, 6.45) is 3.17. The second-order valence-electron chi connectivity index (χ2n) is 5.05. The molecule has 3 heteroatoms. The number of aryl methyl sites for hydroxylation is 1. The van der Waals surface area contributed by atoms with Crippen molar-refractivity contribution in [3.05, 3.63) is 35.4 Å². The number of thioether (sulfide) groups is 1. The Morgan fingerprint density at radius 3 is 2.83 bits per heavy atom. The molecule has 1 aliphatic rings. The Morgan fingerprint density at radius 2 is 2.17 bits per heavy atom. The summed E-state index contributed by atoms with van der Waals surface area (Å²) >= 11 is 1.98. The average molecular weight is 263 g/mol. The van der Waals surface area contributed by atoms with Gasteiger partial charge >= 0.3 is 0 Å². The van der Waals surface area contributed by atoms with E-state index in [4.69, 9.17) is 0 Å². The standard InChI is InChI=1S/C15H21NOS/c1-12-4-6-13(7-5-12)10-16-15(17)9-14-3-2-8-18-11-14/h4-7,14H,2-3,8-11H2,1H3,(H,16,17). The Labute approximate surface area is 114 Å². The zero-order valence-electron chi connectivity index (χ0n) is 10.9. The first kappa shape index (κ1) is 13.5. The topological polar surface area (TPSA) is 29.1 Å². The van der Waals surface area contributed by atoms with Gasteiger partial charge in [0.1, 0.15) is 0 Å². The number of hydrogen-bond acceptors (Lipinski definition) is 2. The molecule has 1 aromatic rings. The van der Waals surface area contributed by atoms with Crippen molar-refractivity contribution in [2.75, 3.05) is 11.5 Å². The summed E-state index contributed by atoms with van der Waals surface area (Å²) in [6, 6.07) is 8.32. The molecule has 0 spiro atoms. The van der Waals surface area contributed by atoms with Gasteiger partial charge in [-0.15, -0.1) is 0 Å². The van der Waals surface area contributed by atoms with E-state index in [0.717, 1.165) is 5.75 Å². The van der Waals surface area contributed by atoms with Gasteiger partial charge in [-0.1, -0.05) is 29.8 Å². The van der Waals surface area contributed by atoms with Crippen molar-refractivity contribution < 1.29 is 4.79 Å². The van der Waals surface area contributed by atoms with Crippen LogP contribution in [0.3, 0.4) is 0 Å². The third-order valence-electron chi connectivity index (χ3n) is 3.34. The molecule has 0 radical (unpaired) electrons. The molecule has 2 nitrogen and oxygen atoms in total. The first-order valence-electron chi connectivity index (χ1n) is 6.64. The monoisotopic (exact) mass is 263 g/mol. The molecular weight excluding hydrogens is 242 g/mol. The van der Waals surface area contributed by atoms with E-state index in [0.29, 0.717) is 18.9 Å². The van der Waals surface area contributed by atoms with Gasteiger partial charge < -0.3 is 5.32 Å². The van der Waals surface area contributed by atoms with Crippen molar-refractivity contribution in [2.45, 2.75) is 32.7 Å². The van der Waals surface area contributed by atoms with Crippen LogP contribution in [-0.2, 0) is 11.3 Å². The number of rotatable bonds is 4. The SMILES string of the molecule is Cc1ccc(CNC(=O)CC2CCCSC2)cc1. The molecule has 1 N–H and O–H groups in total. The van der Waals surface area contributed by atoms with E-state index >= 15 is 0 Å².